The van der Waals surface area contributed by atoms with Crippen LogP contribution in [0.3, 0.4) is 0 Å². The Morgan fingerprint density at radius 3 is 1.91 bits per heavy atom. The Bertz CT molecular complexity index is 1780. The molecule has 0 spiro atoms. The number of rotatable bonds is 3. The minimum Gasteiger partial charge on any atom is -0.381 e. The predicted octanol–water partition coefficient (Wildman–Crippen LogP) is 6.97. The van der Waals surface area contributed by atoms with Gasteiger partial charge in [0.05, 0.1) is 0 Å². The molecule has 0 atom stereocenters. The number of hydrogen-bond acceptors (Lipinski definition) is 3. The molecule has 3 nitrogen and oxygen atoms in total. The number of hydrogen-bond donors (Lipinski definition) is 1. The fraction of sp³-hybridized carbons (Fsp3) is 0.0323. The molecule has 0 saturated carbocycles. The molecule has 0 aromatic heterocycles. The van der Waals surface area contributed by atoms with E-state index in [1.807, 2.05) is 6.07 Å². The van der Waals surface area contributed by atoms with Crippen molar-refractivity contribution < 1.29 is 9.59 Å². The Morgan fingerprint density at radius 1 is 0.529 bits per heavy atom. The molecule has 0 amide bonds. The van der Waals surface area contributed by atoms with Gasteiger partial charge in [0.25, 0.3) is 0 Å². The first-order valence-corrected chi connectivity index (χ1v) is 11.4. The summed E-state index contributed by atoms with van der Waals surface area (Å²) in [6.07, 6.45) is 0. The normalized spacial score (nSPS) is 12.9. The molecule has 0 bridgehead atoms. The number of ketones is 2. The van der Waals surface area contributed by atoms with E-state index in [4.69, 9.17) is 0 Å². The summed E-state index contributed by atoms with van der Waals surface area (Å²) in [4.78, 5) is 26.0. The van der Waals surface area contributed by atoms with Crippen molar-refractivity contribution >= 4 is 49.6 Å². The molecular formula is C31H19NO2. The lowest BCUT2D eigenvalue weighted by Crippen LogP contribution is -2.20. The lowest BCUT2D eigenvalue weighted by Gasteiger charge is -2.19. The van der Waals surface area contributed by atoms with Gasteiger partial charge in [0.2, 0.25) is 0 Å². The van der Waals surface area contributed by atoms with Crippen molar-refractivity contribution in [3.63, 3.8) is 0 Å². The van der Waals surface area contributed by atoms with E-state index in [-0.39, 0.29) is 11.6 Å². The highest BCUT2D eigenvalue weighted by Gasteiger charge is 2.29. The SMILES string of the molecule is O=C1c2ccccc2C(=O)c2cc(NCc3ccc4ccc5cccc6ccc3c4c56)ccc21. The van der Waals surface area contributed by atoms with Gasteiger partial charge in [-0.05, 0) is 56.1 Å². The average Bonchev–Trinajstić information content (AvgIpc) is 2.89. The molecule has 0 radical (unpaired) electrons. The van der Waals surface area contributed by atoms with E-state index in [0.29, 0.717) is 28.8 Å². The largest absolute Gasteiger partial charge is 0.381 e. The lowest BCUT2D eigenvalue weighted by molar-refractivity contribution is 0.0979. The average molecular weight is 437 g/mol. The number of anilines is 1. The minimum atomic E-state index is -0.100. The van der Waals surface area contributed by atoms with Crippen LogP contribution in [0.15, 0.2) is 97.1 Å². The van der Waals surface area contributed by atoms with Crippen LogP contribution in [0.5, 0.6) is 0 Å². The fourth-order valence-electron chi connectivity index (χ4n) is 5.36. The van der Waals surface area contributed by atoms with Gasteiger partial charge in [-0.25, -0.2) is 0 Å². The van der Waals surface area contributed by atoms with Crippen LogP contribution >= 0.6 is 0 Å². The highest BCUT2D eigenvalue weighted by atomic mass is 16.1. The van der Waals surface area contributed by atoms with Crippen molar-refractivity contribution in [2.45, 2.75) is 6.54 Å². The molecule has 0 heterocycles. The summed E-state index contributed by atoms with van der Waals surface area (Å²) < 4.78 is 0. The highest BCUT2D eigenvalue weighted by Crippen LogP contribution is 2.36. The molecule has 7 rings (SSSR count). The van der Waals surface area contributed by atoms with Crippen molar-refractivity contribution in [2.75, 3.05) is 5.32 Å². The quantitative estimate of drug-likeness (QED) is 0.304. The molecule has 1 aliphatic carbocycles. The first-order valence-electron chi connectivity index (χ1n) is 11.4. The Morgan fingerprint density at radius 2 is 1.15 bits per heavy atom. The summed E-state index contributed by atoms with van der Waals surface area (Å²) >= 11 is 0. The molecule has 0 aliphatic heterocycles. The molecule has 1 N–H and O–H groups in total. The predicted molar refractivity (Wildman–Crippen MR) is 137 cm³/mol. The first-order chi connectivity index (χ1) is 16.7. The van der Waals surface area contributed by atoms with Gasteiger partial charge in [-0.3, -0.25) is 9.59 Å². The van der Waals surface area contributed by atoms with Gasteiger partial charge in [0.15, 0.2) is 11.6 Å². The van der Waals surface area contributed by atoms with Gasteiger partial charge in [-0.2, -0.15) is 0 Å². The molecule has 0 saturated heterocycles. The van der Waals surface area contributed by atoms with E-state index in [9.17, 15) is 9.59 Å². The van der Waals surface area contributed by atoms with Crippen LogP contribution in [0.1, 0.15) is 37.4 Å². The van der Waals surface area contributed by atoms with Crippen LogP contribution in [-0.2, 0) is 6.54 Å². The Balaban J connectivity index is 1.27. The second-order valence-corrected chi connectivity index (χ2v) is 8.90. The zero-order valence-corrected chi connectivity index (χ0v) is 18.3. The molecule has 6 aromatic carbocycles. The topological polar surface area (TPSA) is 46.2 Å². The highest BCUT2D eigenvalue weighted by molar-refractivity contribution is 6.28. The van der Waals surface area contributed by atoms with Gasteiger partial charge in [0.1, 0.15) is 0 Å². The van der Waals surface area contributed by atoms with Gasteiger partial charge < -0.3 is 5.32 Å². The van der Waals surface area contributed by atoms with Crippen LogP contribution < -0.4 is 5.32 Å². The second kappa shape index (κ2) is 7.00. The van der Waals surface area contributed by atoms with Crippen molar-refractivity contribution in [2.24, 2.45) is 0 Å². The van der Waals surface area contributed by atoms with E-state index in [2.05, 4.69) is 59.9 Å². The maximum Gasteiger partial charge on any atom is 0.194 e. The Hall–Kier alpha value is -4.50. The monoisotopic (exact) mass is 437 g/mol. The van der Waals surface area contributed by atoms with Crippen molar-refractivity contribution in [1.82, 2.24) is 0 Å². The molecule has 0 fully saturated rings. The van der Waals surface area contributed by atoms with Crippen LogP contribution in [-0.4, -0.2) is 11.6 Å². The molecular weight excluding hydrogens is 418 g/mol. The number of nitrogens with one attached hydrogen (secondary N) is 1. The number of carbonyl (C=O) groups excluding carboxylic acids is 2. The van der Waals surface area contributed by atoms with E-state index in [0.717, 1.165) is 5.69 Å². The molecule has 1 aliphatic rings. The third-order valence-electron chi connectivity index (χ3n) is 7.03. The second-order valence-electron chi connectivity index (χ2n) is 8.90. The van der Waals surface area contributed by atoms with E-state index in [1.54, 1.807) is 36.4 Å². The molecule has 6 aromatic rings. The van der Waals surface area contributed by atoms with Gasteiger partial charge in [-0.15, -0.1) is 0 Å². The van der Waals surface area contributed by atoms with E-state index in [1.165, 1.54) is 37.9 Å². The lowest BCUT2D eigenvalue weighted by atomic mass is 9.84. The summed E-state index contributed by atoms with van der Waals surface area (Å²) in [7, 11) is 0. The minimum absolute atomic E-state index is 0.0940. The van der Waals surface area contributed by atoms with Crippen molar-refractivity contribution in [1.29, 1.82) is 0 Å². The van der Waals surface area contributed by atoms with Crippen molar-refractivity contribution in [3.8, 4) is 0 Å². The van der Waals surface area contributed by atoms with Gasteiger partial charge >= 0.3 is 0 Å². The molecule has 3 heteroatoms. The zero-order valence-electron chi connectivity index (χ0n) is 18.3. The van der Waals surface area contributed by atoms with E-state index < -0.39 is 0 Å². The maximum absolute atomic E-state index is 13.1. The standard InChI is InChI=1S/C31H19NO2/c33-30-24-6-1-2-7-25(24)31(34)27-16-22(13-15-26(27)30)32-17-21-11-10-20-9-8-18-4-3-5-19-12-14-23(21)29(20)28(18)19/h1-16,32H,17H2. The number of fused-ring (bicyclic) bond motifs is 2. The van der Waals surface area contributed by atoms with Crippen LogP contribution in [0.25, 0.3) is 32.3 Å². The van der Waals surface area contributed by atoms with Crippen molar-refractivity contribution in [3.05, 3.63) is 125 Å². The smallest absolute Gasteiger partial charge is 0.194 e. The van der Waals surface area contributed by atoms with Crippen LogP contribution in [0, 0.1) is 0 Å². The molecule has 160 valence electrons. The first kappa shape index (κ1) is 19.0. The van der Waals surface area contributed by atoms with Gasteiger partial charge in [-0.1, -0.05) is 78.9 Å². The molecule has 0 unspecified atom stereocenters. The Kier molecular flexibility index (Phi) is 3.91. The summed E-state index contributed by atoms with van der Waals surface area (Å²) in [5.74, 6) is -0.194. The maximum atomic E-state index is 13.1. The van der Waals surface area contributed by atoms with Crippen LogP contribution in [0.2, 0.25) is 0 Å². The summed E-state index contributed by atoms with van der Waals surface area (Å²) in [6.45, 7) is 0.617. The third kappa shape index (κ3) is 2.64. The van der Waals surface area contributed by atoms with E-state index >= 15 is 0 Å². The zero-order chi connectivity index (χ0) is 22.8. The fourth-order valence-corrected chi connectivity index (χ4v) is 5.36. The summed E-state index contributed by atoms with van der Waals surface area (Å²) in [5, 5.41) is 11.0. The third-order valence-corrected chi connectivity index (χ3v) is 7.03. The number of carbonyl (C=O) groups is 2. The summed E-state index contributed by atoms with van der Waals surface area (Å²) in [6, 6.07) is 32.0. The van der Waals surface area contributed by atoms with Crippen LogP contribution in [0.4, 0.5) is 5.69 Å². The van der Waals surface area contributed by atoms with Gasteiger partial charge in [0, 0.05) is 34.5 Å². The Labute approximate surface area is 196 Å². The summed E-state index contributed by atoms with van der Waals surface area (Å²) in [5.41, 5.74) is 3.90. The molecule has 34 heavy (non-hydrogen) atoms. The number of benzene rings is 6.